The molecule has 0 saturated heterocycles. The average Bonchev–Trinajstić information content (AvgIpc) is 3.06. The zero-order chi connectivity index (χ0) is 26.8. The summed E-state index contributed by atoms with van der Waals surface area (Å²) in [5, 5.41) is 3.55. The van der Waals surface area contributed by atoms with Gasteiger partial charge in [0.2, 0.25) is 10.0 Å². The van der Waals surface area contributed by atoms with Crippen LogP contribution in [0.1, 0.15) is 60.8 Å². The number of fused-ring (bicyclic) bond motifs is 3. The normalized spacial score (nSPS) is 24.3. The van der Waals surface area contributed by atoms with Crippen molar-refractivity contribution >= 4 is 15.7 Å². The predicted octanol–water partition coefficient (Wildman–Crippen LogP) is 5.98. The van der Waals surface area contributed by atoms with E-state index in [2.05, 4.69) is 17.4 Å². The average molecular weight is 538 g/mol. The third kappa shape index (κ3) is 6.67. The number of hydrogen-bond acceptors (Lipinski definition) is 4. The van der Waals surface area contributed by atoms with Crippen LogP contribution in [-0.4, -0.2) is 57.6 Å². The highest BCUT2D eigenvalue weighted by molar-refractivity contribution is 7.89. The van der Waals surface area contributed by atoms with E-state index in [1.165, 1.54) is 10.4 Å². The Morgan fingerprint density at radius 1 is 0.973 bits per heavy atom. The largest absolute Gasteiger partial charge is 0.416 e. The van der Waals surface area contributed by atoms with Gasteiger partial charge in [-0.2, -0.15) is 13.2 Å². The molecule has 1 fully saturated rings. The number of alkyl halides is 3. The van der Waals surface area contributed by atoms with E-state index in [9.17, 15) is 21.6 Å². The minimum absolute atomic E-state index is 0.00156. The number of rotatable bonds is 8. The van der Waals surface area contributed by atoms with Crippen molar-refractivity contribution in [1.29, 1.82) is 0 Å². The Morgan fingerprint density at radius 3 is 2.35 bits per heavy atom. The van der Waals surface area contributed by atoms with Gasteiger partial charge in [0.25, 0.3) is 0 Å². The molecule has 1 N–H and O–H groups in total. The second-order valence-electron chi connectivity index (χ2n) is 10.9. The molecular formula is C28H38F3N3O2S. The summed E-state index contributed by atoms with van der Waals surface area (Å²) in [4.78, 5) is 1.97. The van der Waals surface area contributed by atoms with Crippen LogP contribution in [0.2, 0.25) is 0 Å². The van der Waals surface area contributed by atoms with Crippen LogP contribution < -0.4 is 5.32 Å². The molecule has 1 aliphatic heterocycles. The van der Waals surface area contributed by atoms with Gasteiger partial charge >= 0.3 is 6.18 Å². The van der Waals surface area contributed by atoms with E-state index in [4.69, 9.17) is 0 Å². The lowest BCUT2D eigenvalue weighted by Crippen LogP contribution is -2.34. The fraction of sp³-hybridized carbons (Fsp3) is 0.571. The molecule has 1 aliphatic carbocycles. The standard InChI is InChI=1S/C28H38F3N3O2S/c1-33(2)16-7-17-37(35,36)34(3)19-20-10-13-23-24(14-11-20)27(21-8-5-4-6-9-21)32-26-15-12-22(18-25(23)26)28(29,30)31/h4-6,8-9,12,15,18,20,23-24,27,32H,7,10-11,13-14,16-17,19H2,1-3H3/t20-,23+,24-,27+/m1/s1. The minimum atomic E-state index is -4.39. The zero-order valence-electron chi connectivity index (χ0n) is 21.8. The molecular weight excluding hydrogens is 499 g/mol. The Kier molecular flexibility index (Phi) is 8.55. The van der Waals surface area contributed by atoms with Crippen LogP contribution in [-0.2, 0) is 16.2 Å². The molecule has 4 atom stereocenters. The maximum Gasteiger partial charge on any atom is 0.416 e. The number of halogens is 3. The van der Waals surface area contributed by atoms with Crippen molar-refractivity contribution < 1.29 is 21.6 Å². The molecule has 4 rings (SSSR count). The Hall–Kier alpha value is -2.10. The van der Waals surface area contributed by atoms with Gasteiger partial charge in [0.15, 0.2) is 0 Å². The van der Waals surface area contributed by atoms with Gasteiger partial charge in [0, 0.05) is 19.3 Å². The van der Waals surface area contributed by atoms with Crippen LogP contribution in [0.25, 0.3) is 0 Å². The van der Waals surface area contributed by atoms with Crippen LogP contribution in [0, 0.1) is 11.8 Å². The number of benzene rings is 2. The van der Waals surface area contributed by atoms with Gasteiger partial charge in [-0.05, 0) is 99.8 Å². The first-order valence-electron chi connectivity index (χ1n) is 13.1. The van der Waals surface area contributed by atoms with Crippen molar-refractivity contribution in [3.05, 3.63) is 65.2 Å². The SMILES string of the molecule is CN(C)CCCS(=O)(=O)N(C)C[C@H]1CC[C@@H]2[C@H](CC1)c1cc(C(F)(F)F)ccc1N[C@H]2c1ccccc1. The van der Waals surface area contributed by atoms with E-state index in [0.29, 0.717) is 19.5 Å². The number of hydrogen-bond donors (Lipinski definition) is 1. The zero-order valence-corrected chi connectivity index (χ0v) is 22.7. The molecule has 37 heavy (non-hydrogen) atoms. The van der Waals surface area contributed by atoms with Crippen molar-refractivity contribution in [2.24, 2.45) is 11.8 Å². The van der Waals surface area contributed by atoms with Crippen molar-refractivity contribution in [2.75, 3.05) is 45.3 Å². The molecule has 204 valence electrons. The van der Waals surface area contributed by atoms with Crippen molar-refractivity contribution in [2.45, 2.75) is 50.2 Å². The molecule has 2 aromatic carbocycles. The second kappa shape index (κ2) is 11.3. The third-order valence-electron chi connectivity index (χ3n) is 7.98. The van der Waals surface area contributed by atoms with Crippen LogP contribution in [0.4, 0.5) is 18.9 Å². The van der Waals surface area contributed by atoms with E-state index in [0.717, 1.165) is 48.6 Å². The lowest BCUT2D eigenvalue weighted by molar-refractivity contribution is -0.137. The second-order valence-corrected chi connectivity index (χ2v) is 13.1. The van der Waals surface area contributed by atoms with Gasteiger partial charge in [0.1, 0.15) is 0 Å². The summed E-state index contributed by atoms with van der Waals surface area (Å²) in [5.41, 5.74) is 2.01. The molecule has 0 aromatic heterocycles. The number of sulfonamides is 1. The molecule has 2 aromatic rings. The molecule has 1 saturated carbocycles. The van der Waals surface area contributed by atoms with Crippen molar-refractivity contribution in [3.63, 3.8) is 0 Å². The van der Waals surface area contributed by atoms with E-state index < -0.39 is 21.8 Å². The lowest BCUT2D eigenvalue weighted by atomic mass is 9.72. The molecule has 1 heterocycles. The van der Waals surface area contributed by atoms with Crippen LogP contribution in [0.3, 0.4) is 0 Å². The predicted molar refractivity (Wildman–Crippen MR) is 142 cm³/mol. The first-order chi connectivity index (χ1) is 17.5. The monoisotopic (exact) mass is 537 g/mol. The molecule has 2 aliphatic rings. The van der Waals surface area contributed by atoms with Crippen LogP contribution >= 0.6 is 0 Å². The minimum Gasteiger partial charge on any atom is -0.378 e. The molecule has 0 spiro atoms. The quantitative estimate of drug-likeness (QED) is 0.451. The van der Waals surface area contributed by atoms with Gasteiger partial charge < -0.3 is 10.2 Å². The molecule has 5 nitrogen and oxygen atoms in total. The molecule has 0 unspecified atom stereocenters. The number of nitrogens with zero attached hydrogens (tertiary/aromatic N) is 2. The Morgan fingerprint density at radius 2 is 1.68 bits per heavy atom. The molecule has 9 heteroatoms. The summed E-state index contributed by atoms with van der Waals surface area (Å²) in [6.45, 7) is 1.16. The lowest BCUT2D eigenvalue weighted by Gasteiger charge is -2.41. The molecule has 0 radical (unpaired) electrons. The smallest absolute Gasteiger partial charge is 0.378 e. The molecule has 0 bridgehead atoms. The highest BCUT2D eigenvalue weighted by Gasteiger charge is 2.41. The van der Waals surface area contributed by atoms with Crippen molar-refractivity contribution in [1.82, 2.24) is 9.21 Å². The van der Waals surface area contributed by atoms with Gasteiger partial charge in [-0.3, -0.25) is 0 Å². The van der Waals surface area contributed by atoms with E-state index in [-0.39, 0.29) is 29.5 Å². The summed E-state index contributed by atoms with van der Waals surface area (Å²) >= 11 is 0. The fourth-order valence-electron chi connectivity index (χ4n) is 6.01. The van der Waals surface area contributed by atoms with Gasteiger partial charge in [0.05, 0.1) is 17.4 Å². The summed E-state index contributed by atoms with van der Waals surface area (Å²) in [6, 6.07) is 14.1. The summed E-state index contributed by atoms with van der Waals surface area (Å²) in [7, 11) is 2.16. The molecule has 0 amide bonds. The first kappa shape index (κ1) is 27.9. The number of nitrogens with one attached hydrogen (secondary N) is 1. The highest BCUT2D eigenvalue weighted by atomic mass is 32.2. The maximum absolute atomic E-state index is 13.6. The van der Waals surface area contributed by atoms with Crippen molar-refractivity contribution in [3.8, 4) is 0 Å². The van der Waals surface area contributed by atoms with Gasteiger partial charge in [-0.1, -0.05) is 30.3 Å². The topological polar surface area (TPSA) is 52.7 Å². The number of anilines is 1. The Bertz CT molecular complexity index is 1160. The Labute approximate surface area is 219 Å². The van der Waals surface area contributed by atoms with Crippen LogP contribution in [0.15, 0.2) is 48.5 Å². The summed E-state index contributed by atoms with van der Waals surface area (Å²) in [6.07, 6.45) is -0.613. The summed E-state index contributed by atoms with van der Waals surface area (Å²) < 4.78 is 67.9. The van der Waals surface area contributed by atoms with E-state index in [1.54, 1.807) is 13.1 Å². The van der Waals surface area contributed by atoms with Gasteiger partial charge in [-0.25, -0.2) is 12.7 Å². The summed E-state index contributed by atoms with van der Waals surface area (Å²) in [5.74, 6) is 0.402. The maximum atomic E-state index is 13.6. The van der Waals surface area contributed by atoms with Gasteiger partial charge in [-0.15, -0.1) is 0 Å². The fourth-order valence-corrected chi connectivity index (χ4v) is 7.25. The Balaban J connectivity index is 1.56. The first-order valence-corrected chi connectivity index (χ1v) is 14.7. The van der Waals surface area contributed by atoms with Crippen LogP contribution in [0.5, 0.6) is 0 Å². The van der Waals surface area contributed by atoms with E-state index >= 15 is 0 Å². The highest BCUT2D eigenvalue weighted by Crippen LogP contribution is 2.52. The third-order valence-corrected chi connectivity index (χ3v) is 9.89. The van der Waals surface area contributed by atoms with E-state index in [1.807, 2.05) is 37.2 Å².